The van der Waals surface area contributed by atoms with E-state index in [0.717, 1.165) is 30.5 Å². The number of carbonyl (C=O) groups is 1. The van der Waals surface area contributed by atoms with E-state index < -0.39 is 0 Å². The Kier molecular flexibility index (Phi) is 6.74. The van der Waals surface area contributed by atoms with Crippen molar-refractivity contribution in [2.45, 2.75) is 38.8 Å². The van der Waals surface area contributed by atoms with Crippen LogP contribution < -0.4 is 0 Å². The van der Waals surface area contributed by atoms with E-state index in [1.807, 2.05) is 64.5 Å². The molecule has 0 aliphatic carbocycles. The van der Waals surface area contributed by atoms with Crippen LogP contribution in [-0.2, 0) is 17.9 Å². The highest BCUT2D eigenvalue weighted by atomic mass is 16.2. The summed E-state index contributed by atoms with van der Waals surface area (Å²) < 4.78 is 2.05. The van der Waals surface area contributed by atoms with Crippen LogP contribution in [0.2, 0.25) is 0 Å². The van der Waals surface area contributed by atoms with Crippen LogP contribution in [0, 0.1) is 0 Å². The molecule has 0 saturated heterocycles. The van der Waals surface area contributed by atoms with Crippen LogP contribution >= 0.6 is 0 Å². The van der Waals surface area contributed by atoms with Gasteiger partial charge in [-0.15, -0.1) is 0 Å². The monoisotopic (exact) mass is 362 g/mol. The van der Waals surface area contributed by atoms with Crippen LogP contribution in [-0.4, -0.2) is 31.9 Å². The molecule has 0 aliphatic rings. The number of benzene rings is 1. The Morgan fingerprint density at radius 1 is 1.07 bits per heavy atom. The van der Waals surface area contributed by atoms with Gasteiger partial charge >= 0.3 is 0 Å². The highest BCUT2D eigenvalue weighted by Crippen LogP contribution is 2.23. The van der Waals surface area contributed by atoms with E-state index in [0.29, 0.717) is 13.1 Å². The first-order valence-corrected chi connectivity index (χ1v) is 9.46. The first-order chi connectivity index (χ1) is 13.3. The van der Waals surface area contributed by atoms with E-state index in [-0.39, 0.29) is 11.8 Å². The van der Waals surface area contributed by atoms with Gasteiger partial charge < -0.3 is 9.47 Å². The maximum Gasteiger partial charge on any atom is 0.230 e. The second-order valence-electron chi connectivity index (χ2n) is 6.64. The minimum absolute atomic E-state index is 0.110. The van der Waals surface area contributed by atoms with Gasteiger partial charge in [-0.3, -0.25) is 9.78 Å². The number of nitrogens with zero attached hydrogens (tertiary/aromatic N) is 4. The zero-order chi connectivity index (χ0) is 18.9. The summed E-state index contributed by atoms with van der Waals surface area (Å²) in [4.78, 5) is 23.5. The molecule has 3 rings (SSSR count). The van der Waals surface area contributed by atoms with Crippen LogP contribution in [0.1, 0.15) is 36.8 Å². The summed E-state index contributed by atoms with van der Waals surface area (Å²) in [5.41, 5.74) is 2.18. The Balaban J connectivity index is 1.73. The van der Waals surface area contributed by atoms with E-state index in [9.17, 15) is 4.79 Å². The largest absolute Gasteiger partial charge is 0.338 e. The van der Waals surface area contributed by atoms with Gasteiger partial charge in [-0.25, -0.2) is 4.98 Å². The molecule has 0 saturated carbocycles. The highest BCUT2D eigenvalue weighted by Gasteiger charge is 2.24. The Hall–Kier alpha value is -2.95. The smallest absolute Gasteiger partial charge is 0.230 e. The molecule has 0 unspecified atom stereocenters. The fourth-order valence-corrected chi connectivity index (χ4v) is 3.30. The van der Waals surface area contributed by atoms with Gasteiger partial charge in [0.05, 0.1) is 12.2 Å². The topological polar surface area (TPSA) is 51.0 Å². The number of hydrogen-bond acceptors (Lipinski definition) is 3. The molecule has 0 radical (unpaired) electrons. The summed E-state index contributed by atoms with van der Waals surface area (Å²) in [6, 6.07) is 14.0. The second-order valence-corrected chi connectivity index (χ2v) is 6.64. The lowest BCUT2D eigenvalue weighted by molar-refractivity contribution is -0.133. The van der Waals surface area contributed by atoms with Crippen LogP contribution in [0.5, 0.6) is 0 Å². The highest BCUT2D eigenvalue weighted by molar-refractivity contribution is 5.83. The Morgan fingerprint density at radius 2 is 1.85 bits per heavy atom. The van der Waals surface area contributed by atoms with Crippen molar-refractivity contribution in [2.24, 2.45) is 0 Å². The quantitative estimate of drug-likeness (QED) is 0.580. The fourth-order valence-electron chi connectivity index (χ4n) is 3.30. The zero-order valence-corrected chi connectivity index (χ0v) is 15.7. The van der Waals surface area contributed by atoms with Crippen molar-refractivity contribution in [2.75, 3.05) is 6.54 Å². The first-order valence-electron chi connectivity index (χ1n) is 9.46. The Labute approximate surface area is 160 Å². The van der Waals surface area contributed by atoms with Gasteiger partial charge in [-0.1, -0.05) is 37.3 Å². The summed E-state index contributed by atoms with van der Waals surface area (Å²) in [6.45, 7) is 4.24. The number of imidazole rings is 1. The van der Waals surface area contributed by atoms with Crippen LogP contribution in [0.4, 0.5) is 0 Å². The molecule has 1 aromatic carbocycles. The third-order valence-corrected chi connectivity index (χ3v) is 4.75. The lowest BCUT2D eigenvalue weighted by Gasteiger charge is -2.27. The summed E-state index contributed by atoms with van der Waals surface area (Å²) in [5.74, 6) is 0.0763. The van der Waals surface area contributed by atoms with Crippen molar-refractivity contribution in [3.05, 3.63) is 84.7 Å². The molecule has 27 heavy (non-hydrogen) atoms. The molecule has 140 valence electrons. The van der Waals surface area contributed by atoms with Crippen LogP contribution in [0.3, 0.4) is 0 Å². The number of hydrogen-bond donors (Lipinski definition) is 0. The van der Waals surface area contributed by atoms with Gasteiger partial charge in [0.25, 0.3) is 0 Å². The minimum atomic E-state index is -0.110. The summed E-state index contributed by atoms with van der Waals surface area (Å²) in [5, 5.41) is 0. The lowest BCUT2D eigenvalue weighted by atomic mass is 9.94. The summed E-state index contributed by atoms with van der Waals surface area (Å²) >= 11 is 0. The van der Waals surface area contributed by atoms with E-state index in [1.165, 1.54) is 0 Å². The van der Waals surface area contributed by atoms with Crippen molar-refractivity contribution >= 4 is 5.91 Å². The minimum Gasteiger partial charge on any atom is -0.338 e. The molecule has 0 aliphatic heterocycles. The molecule has 5 heteroatoms. The van der Waals surface area contributed by atoms with Crippen molar-refractivity contribution in [3.8, 4) is 0 Å². The maximum absolute atomic E-state index is 13.4. The first kappa shape index (κ1) is 18.8. The standard InChI is InChI=1S/C22H26N4O/c1-2-21(20-7-4-3-5-8-20)22(27)26(17-19-9-11-23-12-10-19)15-6-14-25-16-13-24-18-25/h3-5,7-13,16,18,21H,2,6,14-15,17H2,1H3/t21-/m1/s1. The molecule has 1 atom stereocenters. The molecular weight excluding hydrogens is 336 g/mol. The average molecular weight is 362 g/mol. The van der Waals surface area contributed by atoms with E-state index in [2.05, 4.69) is 16.9 Å². The van der Waals surface area contributed by atoms with Crippen molar-refractivity contribution < 1.29 is 4.79 Å². The molecule has 0 bridgehead atoms. The molecule has 0 fully saturated rings. The number of rotatable bonds is 9. The lowest BCUT2D eigenvalue weighted by Crippen LogP contribution is -2.35. The van der Waals surface area contributed by atoms with E-state index in [4.69, 9.17) is 0 Å². The molecule has 0 N–H and O–H groups in total. The Bertz CT molecular complexity index is 803. The summed E-state index contributed by atoms with van der Waals surface area (Å²) in [6.07, 6.45) is 10.8. The fraction of sp³-hybridized carbons (Fsp3) is 0.318. The van der Waals surface area contributed by atoms with Gasteiger partial charge in [0.1, 0.15) is 0 Å². The summed E-state index contributed by atoms with van der Waals surface area (Å²) in [7, 11) is 0. The average Bonchev–Trinajstić information content (AvgIpc) is 3.23. The van der Waals surface area contributed by atoms with E-state index >= 15 is 0 Å². The second kappa shape index (κ2) is 9.67. The predicted molar refractivity (Wildman–Crippen MR) is 106 cm³/mol. The number of pyridine rings is 1. The molecule has 1 amide bonds. The predicted octanol–water partition coefficient (Wildman–Crippen LogP) is 3.89. The normalized spacial score (nSPS) is 11.9. The number of aryl methyl sites for hydroxylation is 1. The molecule has 3 aromatic rings. The molecule has 5 nitrogen and oxygen atoms in total. The van der Waals surface area contributed by atoms with Gasteiger partial charge in [-0.2, -0.15) is 0 Å². The van der Waals surface area contributed by atoms with Crippen molar-refractivity contribution in [1.29, 1.82) is 0 Å². The van der Waals surface area contributed by atoms with Gasteiger partial charge in [-0.05, 0) is 36.1 Å². The molecule has 2 heterocycles. The SMILES string of the molecule is CC[C@@H](C(=O)N(CCCn1ccnc1)Cc1ccncc1)c1ccccc1. The zero-order valence-electron chi connectivity index (χ0n) is 15.7. The maximum atomic E-state index is 13.4. The Morgan fingerprint density at radius 3 is 2.52 bits per heavy atom. The number of amides is 1. The molecule has 2 aromatic heterocycles. The number of aromatic nitrogens is 3. The van der Waals surface area contributed by atoms with Crippen molar-refractivity contribution in [3.63, 3.8) is 0 Å². The third kappa shape index (κ3) is 5.26. The van der Waals surface area contributed by atoms with Gasteiger partial charge in [0, 0.05) is 44.4 Å². The number of carbonyl (C=O) groups excluding carboxylic acids is 1. The van der Waals surface area contributed by atoms with E-state index in [1.54, 1.807) is 18.6 Å². The molecular formula is C22H26N4O. The van der Waals surface area contributed by atoms with Gasteiger partial charge in [0.15, 0.2) is 0 Å². The van der Waals surface area contributed by atoms with Crippen LogP contribution in [0.15, 0.2) is 73.6 Å². The van der Waals surface area contributed by atoms with Crippen LogP contribution in [0.25, 0.3) is 0 Å². The molecule has 0 spiro atoms. The third-order valence-electron chi connectivity index (χ3n) is 4.75. The van der Waals surface area contributed by atoms with Crippen molar-refractivity contribution in [1.82, 2.24) is 19.4 Å². The van der Waals surface area contributed by atoms with Gasteiger partial charge in [0.2, 0.25) is 5.91 Å².